The van der Waals surface area contributed by atoms with Crippen LogP contribution in [0.3, 0.4) is 0 Å². The lowest BCUT2D eigenvalue weighted by molar-refractivity contribution is -0.120. The number of carbonyl (C=O) groups excluding carboxylic acids is 1. The zero-order valence-corrected chi connectivity index (χ0v) is 11.7. The van der Waals surface area contributed by atoms with Gasteiger partial charge in [0.25, 0.3) is 0 Å². The molecule has 1 N–H and O–H groups in total. The lowest BCUT2D eigenvalue weighted by Crippen LogP contribution is -2.35. The van der Waals surface area contributed by atoms with Gasteiger partial charge in [-0.15, -0.1) is 0 Å². The Morgan fingerprint density at radius 1 is 1.44 bits per heavy atom. The fourth-order valence-corrected chi connectivity index (χ4v) is 2.61. The molecule has 1 fully saturated rings. The Bertz CT molecular complexity index is 393. The minimum Gasteiger partial charge on any atom is -0.352 e. The quantitative estimate of drug-likeness (QED) is 0.759. The van der Waals surface area contributed by atoms with E-state index in [0.717, 1.165) is 12.0 Å². The normalized spacial score (nSPS) is 23.4. The number of nitrogens with one attached hydrogen (secondary N) is 1. The molecule has 0 heterocycles. The van der Waals surface area contributed by atoms with Crippen molar-refractivity contribution in [2.75, 3.05) is 0 Å². The monoisotopic (exact) mass is 263 g/mol. The average Bonchev–Trinajstić information content (AvgIpc) is 3.09. The predicted octanol–water partition coefficient (Wildman–Crippen LogP) is 2.83. The zero-order chi connectivity index (χ0) is 13.0. The highest BCUT2D eigenvalue weighted by Crippen LogP contribution is 2.34. The molecule has 0 aromatic heterocycles. The van der Waals surface area contributed by atoms with E-state index in [2.05, 4.69) is 24.9 Å². The molecule has 98 valence electrons. The summed E-state index contributed by atoms with van der Waals surface area (Å²) >= 11 is 4.41. The van der Waals surface area contributed by atoms with E-state index in [-0.39, 0.29) is 11.2 Å². The van der Waals surface area contributed by atoms with Crippen LogP contribution in [0.5, 0.6) is 0 Å². The molecule has 0 radical (unpaired) electrons. The molecule has 0 spiro atoms. The molecule has 1 aliphatic rings. The van der Waals surface area contributed by atoms with Gasteiger partial charge in [-0.3, -0.25) is 4.79 Å². The third-order valence-corrected chi connectivity index (χ3v) is 3.90. The van der Waals surface area contributed by atoms with Crippen LogP contribution in [0.15, 0.2) is 30.3 Å². The summed E-state index contributed by atoms with van der Waals surface area (Å²) < 4.78 is 0. The fourth-order valence-electron chi connectivity index (χ4n) is 2.32. The summed E-state index contributed by atoms with van der Waals surface area (Å²) in [6.07, 6.45) is 4.26. The lowest BCUT2D eigenvalue weighted by Gasteiger charge is -2.11. The lowest BCUT2D eigenvalue weighted by atomic mass is 10.1. The highest BCUT2D eigenvalue weighted by molar-refractivity contribution is 7.81. The van der Waals surface area contributed by atoms with Crippen LogP contribution in [0.1, 0.15) is 31.7 Å². The van der Waals surface area contributed by atoms with Crippen molar-refractivity contribution in [2.45, 2.75) is 43.9 Å². The summed E-state index contributed by atoms with van der Waals surface area (Å²) in [5, 5.41) is 2.85. The van der Waals surface area contributed by atoms with Gasteiger partial charge in [0.05, 0.1) is 5.25 Å². The maximum atomic E-state index is 12.0. The van der Waals surface area contributed by atoms with E-state index in [1.807, 2.05) is 30.3 Å². The number of thiol groups is 1. The molecule has 1 aromatic rings. The van der Waals surface area contributed by atoms with Crippen LogP contribution in [0.4, 0.5) is 0 Å². The molecule has 2 rings (SSSR count). The van der Waals surface area contributed by atoms with Gasteiger partial charge in [0.1, 0.15) is 0 Å². The zero-order valence-electron chi connectivity index (χ0n) is 10.8. The van der Waals surface area contributed by atoms with E-state index in [1.165, 1.54) is 12.8 Å². The molecule has 3 unspecified atom stereocenters. The van der Waals surface area contributed by atoms with Gasteiger partial charge in [0.15, 0.2) is 0 Å². The molecule has 0 bridgehead atoms. The van der Waals surface area contributed by atoms with Gasteiger partial charge in [-0.05, 0) is 30.7 Å². The van der Waals surface area contributed by atoms with E-state index in [0.29, 0.717) is 18.4 Å². The smallest absolute Gasteiger partial charge is 0.233 e. The largest absolute Gasteiger partial charge is 0.352 e. The Morgan fingerprint density at radius 2 is 2.17 bits per heavy atom. The fraction of sp³-hybridized carbons (Fsp3) is 0.533. The molecule has 1 aromatic carbocycles. The van der Waals surface area contributed by atoms with Gasteiger partial charge >= 0.3 is 0 Å². The molecular formula is C15H21NOS. The first-order chi connectivity index (χ1) is 8.70. The number of rotatable bonds is 6. The Morgan fingerprint density at radius 3 is 2.83 bits per heavy atom. The Kier molecular flexibility index (Phi) is 4.70. The molecule has 1 saturated carbocycles. The summed E-state index contributed by atoms with van der Waals surface area (Å²) in [5.74, 6) is 0.780. The number of amides is 1. The second-order valence-electron chi connectivity index (χ2n) is 5.11. The Hall–Kier alpha value is -0.960. The first-order valence-electron chi connectivity index (χ1n) is 6.73. The Balaban J connectivity index is 1.76. The van der Waals surface area contributed by atoms with Crippen LogP contribution in [0.25, 0.3) is 0 Å². The second-order valence-corrected chi connectivity index (χ2v) is 5.73. The average molecular weight is 263 g/mol. The van der Waals surface area contributed by atoms with E-state index >= 15 is 0 Å². The van der Waals surface area contributed by atoms with E-state index in [1.54, 1.807) is 0 Å². The highest BCUT2D eigenvalue weighted by atomic mass is 32.1. The van der Waals surface area contributed by atoms with Crippen molar-refractivity contribution in [1.82, 2.24) is 5.32 Å². The summed E-state index contributed by atoms with van der Waals surface area (Å²) in [4.78, 5) is 12.0. The van der Waals surface area contributed by atoms with Crippen molar-refractivity contribution in [3.63, 3.8) is 0 Å². The van der Waals surface area contributed by atoms with Crippen LogP contribution in [-0.4, -0.2) is 17.2 Å². The van der Waals surface area contributed by atoms with Gasteiger partial charge in [-0.25, -0.2) is 0 Å². The molecule has 3 atom stereocenters. The minimum atomic E-state index is -0.240. The number of carbonyl (C=O) groups is 1. The van der Waals surface area contributed by atoms with Crippen molar-refractivity contribution >= 4 is 18.5 Å². The van der Waals surface area contributed by atoms with Gasteiger partial charge in [-0.1, -0.05) is 43.7 Å². The van der Waals surface area contributed by atoms with Gasteiger partial charge in [0, 0.05) is 6.04 Å². The maximum absolute atomic E-state index is 12.0. The summed E-state index contributed by atoms with van der Waals surface area (Å²) in [6, 6.07) is 10.4. The number of benzene rings is 1. The van der Waals surface area contributed by atoms with Crippen molar-refractivity contribution in [3.05, 3.63) is 35.9 Å². The molecule has 1 amide bonds. The molecular weight excluding hydrogens is 242 g/mol. The molecule has 0 saturated heterocycles. The number of hydrogen-bond donors (Lipinski definition) is 2. The molecule has 1 aliphatic carbocycles. The maximum Gasteiger partial charge on any atom is 0.233 e. The van der Waals surface area contributed by atoms with Crippen molar-refractivity contribution < 1.29 is 4.79 Å². The standard InChI is InChI=1S/C15H21NOS/c1-2-6-12-10-13(12)16-15(17)14(18)9-11-7-4-3-5-8-11/h3-5,7-8,12-14,18H,2,6,9-10H2,1H3,(H,16,17). The molecule has 2 nitrogen and oxygen atoms in total. The summed E-state index contributed by atoms with van der Waals surface area (Å²) in [5.41, 5.74) is 1.16. The highest BCUT2D eigenvalue weighted by Gasteiger charge is 2.37. The number of hydrogen-bond acceptors (Lipinski definition) is 2. The van der Waals surface area contributed by atoms with Gasteiger partial charge in [0.2, 0.25) is 5.91 Å². The van der Waals surface area contributed by atoms with Crippen molar-refractivity contribution in [3.8, 4) is 0 Å². The van der Waals surface area contributed by atoms with Crippen LogP contribution in [0.2, 0.25) is 0 Å². The topological polar surface area (TPSA) is 29.1 Å². The molecule has 18 heavy (non-hydrogen) atoms. The minimum absolute atomic E-state index is 0.0748. The SMILES string of the molecule is CCCC1CC1NC(=O)C(S)Cc1ccccc1. The third-order valence-electron chi connectivity index (χ3n) is 3.48. The first kappa shape index (κ1) is 13.5. The summed E-state index contributed by atoms with van der Waals surface area (Å²) in [7, 11) is 0. The van der Waals surface area contributed by atoms with Gasteiger partial charge < -0.3 is 5.32 Å². The van der Waals surface area contributed by atoms with E-state index < -0.39 is 0 Å². The van der Waals surface area contributed by atoms with Crippen molar-refractivity contribution in [2.24, 2.45) is 5.92 Å². The first-order valence-corrected chi connectivity index (χ1v) is 7.24. The van der Waals surface area contributed by atoms with Crippen LogP contribution in [-0.2, 0) is 11.2 Å². The summed E-state index contributed by atoms with van der Waals surface area (Å²) in [6.45, 7) is 2.19. The Labute approximate surface area is 115 Å². The molecule has 3 heteroatoms. The second kappa shape index (κ2) is 6.28. The van der Waals surface area contributed by atoms with Crippen LogP contribution >= 0.6 is 12.6 Å². The van der Waals surface area contributed by atoms with Crippen molar-refractivity contribution in [1.29, 1.82) is 0 Å². The van der Waals surface area contributed by atoms with E-state index in [4.69, 9.17) is 0 Å². The van der Waals surface area contributed by atoms with Crippen LogP contribution in [0, 0.1) is 5.92 Å². The van der Waals surface area contributed by atoms with Gasteiger partial charge in [-0.2, -0.15) is 12.6 Å². The van der Waals surface area contributed by atoms with Crippen LogP contribution < -0.4 is 5.32 Å². The predicted molar refractivity (Wildman–Crippen MR) is 77.9 cm³/mol. The van der Waals surface area contributed by atoms with E-state index in [9.17, 15) is 4.79 Å². The third kappa shape index (κ3) is 3.77. The molecule has 0 aliphatic heterocycles.